The average molecular weight is 300 g/mol. The minimum absolute atomic E-state index is 0.130. The number of halogens is 4. The summed E-state index contributed by atoms with van der Waals surface area (Å²) in [6.07, 6.45) is -4.81. The molecule has 110 valence electrons. The van der Waals surface area contributed by atoms with E-state index in [1.54, 1.807) is 0 Å². The predicted molar refractivity (Wildman–Crippen MR) is 63.4 cm³/mol. The average Bonchev–Trinajstić information content (AvgIpc) is 2.45. The number of carbonyl (C=O) groups excluding carboxylic acids is 1. The van der Waals surface area contributed by atoms with Crippen molar-refractivity contribution in [3.05, 3.63) is 53.0 Å². The van der Waals surface area contributed by atoms with E-state index in [4.69, 9.17) is 4.74 Å². The number of hydrogen-bond acceptors (Lipinski definition) is 4. The molecular formula is C13H8F4N2O2. The van der Waals surface area contributed by atoms with Gasteiger partial charge in [0.2, 0.25) is 11.7 Å². The molecule has 0 amide bonds. The first-order valence-corrected chi connectivity index (χ1v) is 5.62. The fourth-order valence-corrected chi connectivity index (χ4v) is 1.58. The molecule has 4 nitrogen and oxygen atoms in total. The van der Waals surface area contributed by atoms with Gasteiger partial charge < -0.3 is 4.74 Å². The van der Waals surface area contributed by atoms with Crippen LogP contribution in [-0.2, 0) is 6.18 Å². The number of hydrogen-bond donors (Lipinski definition) is 0. The van der Waals surface area contributed by atoms with Gasteiger partial charge in [-0.3, -0.25) is 4.79 Å². The zero-order valence-electron chi connectivity index (χ0n) is 10.6. The summed E-state index contributed by atoms with van der Waals surface area (Å²) >= 11 is 0. The molecule has 0 bridgehead atoms. The van der Waals surface area contributed by atoms with Gasteiger partial charge in [-0.25, -0.2) is 4.39 Å². The monoisotopic (exact) mass is 300 g/mol. The molecule has 1 aromatic heterocycles. The maximum Gasteiger partial charge on any atom is 0.419 e. The molecule has 0 aliphatic rings. The Hall–Kier alpha value is -2.51. The predicted octanol–water partition coefficient (Wildman–Crippen LogP) is 2.87. The molecule has 0 spiro atoms. The molecule has 8 heteroatoms. The summed E-state index contributed by atoms with van der Waals surface area (Å²) in [6, 6.07) is 4.57. The maximum atomic E-state index is 13.4. The molecule has 0 aliphatic heterocycles. The highest BCUT2D eigenvalue weighted by Gasteiger charge is 2.34. The van der Waals surface area contributed by atoms with Gasteiger partial charge in [0.05, 0.1) is 12.7 Å². The maximum absolute atomic E-state index is 13.4. The van der Waals surface area contributed by atoms with Gasteiger partial charge in [0.15, 0.2) is 0 Å². The third-order valence-corrected chi connectivity index (χ3v) is 2.62. The highest BCUT2D eigenvalue weighted by atomic mass is 19.4. The quantitative estimate of drug-likeness (QED) is 0.646. The Morgan fingerprint density at radius 1 is 1.14 bits per heavy atom. The van der Waals surface area contributed by atoms with Gasteiger partial charge in [-0.15, -0.1) is 10.2 Å². The molecule has 0 fully saturated rings. The van der Waals surface area contributed by atoms with Crippen molar-refractivity contribution in [2.45, 2.75) is 6.18 Å². The van der Waals surface area contributed by atoms with Crippen molar-refractivity contribution in [3.63, 3.8) is 0 Å². The number of benzene rings is 1. The second-order valence-corrected chi connectivity index (χ2v) is 3.98. The van der Waals surface area contributed by atoms with Crippen LogP contribution in [0.4, 0.5) is 17.6 Å². The van der Waals surface area contributed by atoms with E-state index in [1.165, 1.54) is 19.2 Å². The van der Waals surface area contributed by atoms with Crippen LogP contribution in [0.5, 0.6) is 5.88 Å². The Balaban J connectivity index is 2.33. The number of ketones is 1. The molecule has 2 aromatic rings. The molecule has 21 heavy (non-hydrogen) atoms. The molecule has 0 unspecified atom stereocenters. The second kappa shape index (κ2) is 5.47. The van der Waals surface area contributed by atoms with Crippen molar-refractivity contribution >= 4 is 5.78 Å². The molecule has 0 N–H and O–H groups in total. The number of rotatable bonds is 3. The first-order chi connectivity index (χ1) is 9.82. The molecule has 1 heterocycles. The molecule has 0 saturated heterocycles. The lowest BCUT2D eigenvalue weighted by Crippen LogP contribution is -2.11. The van der Waals surface area contributed by atoms with Gasteiger partial charge in [0, 0.05) is 11.6 Å². The minimum atomic E-state index is -4.81. The molecule has 1 aromatic carbocycles. The lowest BCUT2D eigenvalue weighted by molar-refractivity contribution is -0.140. The number of alkyl halides is 3. The number of methoxy groups -OCH3 is 1. The van der Waals surface area contributed by atoms with E-state index < -0.39 is 23.3 Å². The van der Waals surface area contributed by atoms with Gasteiger partial charge in [-0.2, -0.15) is 13.2 Å². The van der Waals surface area contributed by atoms with E-state index in [-0.39, 0.29) is 17.1 Å². The van der Waals surface area contributed by atoms with Crippen molar-refractivity contribution < 1.29 is 27.1 Å². The summed E-state index contributed by atoms with van der Waals surface area (Å²) in [7, 11) is 1.36. The van der Waals surface area contributed by atoms with Crippen LogP contribution >= 0.6 is 0 Å². The van der Waals surface area contributed by atoms with E-state index in [0.29, 0.717) is 12.1 Å². The Bertz CT molecular complexity index is 669. The molecule has 0 saturated carbocycles. The Morgan fingerprint density at radius 3 is 2.33 bits per heavy atom. The third kappa shape index (κ3) is 3.15. The first kappa shape index (κ1) is 14.9. The van der Waals surface area contributed by atoms with Crippen molar-refractivity contribution in [3.8, 4) is 5.88 Å². The van der Waals surface area contributed by atoms with Crippen LogP contribution in [0.2, 0.25) is 0 Å². The molecule has 2 rings (SSSR count). The lowest BCUT2D eigenvalue weighted by atomic mass is 10.0. The van der Waals surface area contributed by atoms with Gasteiger partial charge in [-0.05, 0) is 18.2 Å². The Kier molecular flexibility index (Phi) is 3.88. The molecule has 0 aliphatic carbocycles. The molecule has 0 atom stereocenters. The Morgan fingerprint density at radius 2 is 1.86 bits per heavy atom. The van der Waals surface area contributed by atoms with Crippen LogP contribution < -0.4 is 4.74 Å². The van der Waals surface area contributed by atoms with E-state index in [0.717, 1.165) is 6.07 Å². The number of ether oxygens (including phenoxy) is 1. The van der Waals surface area contributed by atoms with Crippen LogP contribution in [0.1, 0.15) is 21.6 Å². The zero-order valence-corrected chi connectivity index (χ0v) is 10.6. The van der Waals surface area contributed by atoms with E-state index in [1.807, 2.05) is 0 Å². The SMILES string of the molecule is COc1ccc(C(=O)c2ccc(C(F)(F)F)c(F)c2)nn1. The number of carbonyl (C=O) groups is 1. The van der Waals surface area contributed by atoms with Crippen LogP contribution in [0.25, 0.3) is 0 Å². The zero-order chi connectivity index (χ0) is 15.6. The standard InChI is InChI=1S/C13H8F4N2O2/c1-21-11-5-4-10(18-19-11)12(20)7-2-3-8(9(14)6-7)13(15,16)17/h2-6H,1H3. The fraction of sp³-hybridized carbons (Fsp3) is 0.154. The van der Waals surface area contributed by atoms with E-state index in [9.17, 15) is 22.4 Å². The van der Waals surface area contributed by atoms with Gasteiger partial charge in [-0.1, -0.05) is 6.07 Å². The van der Waals surface area contributed by atoms with Crippen molar-refractivity contribution in [1.82, 2.24) is 10.2 Å². The lowest BCUT2D eigenvalue weighted by Gasteiger charge is -2.08. The first-order valence-electron chi connectivity index (χ1n) is 5.62. The van der Waals surface area contributed by atoms with Crippen LogP contribution in [0.3, 0.4) is 0 Å². The van der Waals surface area contributed by atoms with Crippen LogP contribution in [0, 0.1) is 5.82 Å². The second-order valence-electron chi connectivity index (χ2n) is 3.98. The summed E-state index contributed by atoms with van der Waals surface area (Å²) in [5.74, 6) is -2.09. The van der Waals surface area contributed by atoms with E-state index in [2.05, 4.69) is 10.2 Å². The number of nitrogens with zero attached hydrogens (tertiary/aromatic N) is 2. The summed E-state index contributed by atoms with van der Waals surface area (Å²) in [5, 5.41) is 7.11. The van der Waals surface area contributed by atoms with Gasteiger partial charge in [0.1, 0.15) is 11.5 Å². The van der Waals surface area contributed by atoms with Crippen molar-refractivity contribution in [1.29, 1.82) is 0 Å². The van der Waals surface area contributed by atoms with Crippen molar-refractivity contribution in [2.75, 3.05) is 7.11 Å². The van der Waals surface area contributed by atoms with Crippen LogP contribution in [0.15, 0.2) is 30.3 Å². The van der Waals surface area contributed by atoms with Crippen molar-refractivity contribution in [2.24, 2.45) is 0 Å². The smallest absolute Gasteiger partial charge is 0.419 e. The highest BCUT2D eigenvalue weighted by molar-refractivity contribution is 6.07. The van der Waals surface area contributed by atoms with Crippen LogP contribution in [-0.4, -0.2) is 23.1 Å². The summed E-state index contributed by atoms with van der Waals surface area (Å²) in [4.78, 5) is 12.0. The third-order valence-electron chi connectivity index (χ3n) is 2.62. The summed E-state index contributed by atoms with van der Waals surface area (Å²) in [5.41, 5.74) is -1.81. The Labute approximate surface area is 116 Å². The normalized spacial score (nSPS) is 11.3. The number of aromatic nitrogens is 2. The molecule has 0 radical (unpaired) electrons. The van der Waals surface area contributed by atoms with E-state index >= 15 is 0 Å². The molecular weight excluding hydrogens is 292 g/mol. The summed E-state index contributed by atoms with van der Waals surface area (Å²) < 4.78 is 55.4. The van der Waals surface area contributed by atoms with Gasteiger partial charge in [0.25, 0.3) is 0 Å². The largest absolute Gasteiger partial charge is 0.480 e. The van der Waals surface area contributed by atoms with Gasteiger partial charge >= 0.3 is 6.18 Å². The topological polar surface area (TPSA) is 52.1 Å². The highest BCUT2D eigenvalue weighted by Crippen LogP contribution is 2.31. The minimum Gasteiger partial charge on any atom is -0.480 e. The fourth-order valence-electron chi connectivity index (χ4n) is 1.58. The summed E-state index contributed by atoms with van der Waals surface area (Å²) in [6.45, 7) is 0.